The van der Waals surface area contributed by atoms with Crippen molar-refractivity contribution in [2.75, 3.05) is 0 Å². The van der Waals surface area contributed by atoms with Crippen LogP contribution >= 0.6 is 0 Å². The predicted octanol–water partition coefficient (Wildman–Crippen LogP) is 2.57. The number of aromatic nitrogens is 1. The summed E-state index contributed by atoms with van der Waals surface area (Å²) in [6, 6.07) is 10.4. The summed E-state index contributed by atoms with van der Waals surface area (Å²) in [5.41, 5.74) is 1.18. The maximum Gasteiger partial charge on any atom is 0.230 e. The van der Waals surface area contributed by atoms with Gasteiger partial charge in [0, 0.05) is 6.20 Å². The van der Waals surface area contributed by atoms with Gasteiger partial charge in [-0.1, -0.05) is 12.1 Å². The van der Waals surface area contributed by atoms with Gasteiger partial charge in [-0.05, 0) is 36.8 Å². The van der Waals surface area contributed by atoms with E-state index in [4.69, 9.17) is 9.84 Å². The summed E-state index contributed by atoms with van der Waals surface area (Å²) in [7, 11) is 0. The van der Waals surface area contributed by atoms with Crippen LogP contribution in [0.5, 0.6) is 11.6 Å². The minimum absolute atomic E-state index is 0.0566. The minimum atomic E-state index is -0.101. The molecule has 0 spiro atoms. The number of hydrogen-bond donors (Lipinski definition) is 1. The van der Waals surface area contributed by atoms with Crippen LogP contribution in [0.4, 0.5) is 0 Å². The second-order valence-electron chi connectivity index (χ2n) is 3.82. The molecule has 0 aliphatic heterocycles. The highest BCUT2D eigenvalue weighted by Crippen LogP contribution is 2.23. The van der Waals surface area contributed by atoms with Crippen molar-refractivity contribution in [3.8, 4) is 11.6 Å². The maximum absolute atomic E-state index is 11.4. The molecule has 0 amide bonds. The van der Waals surface area contributed by atoms with E-state index in [1.165, 1.54) is 6.92 Å². The fraction of sp³-hybridized carbons (Fsp3) is 0.143. The average molecular weight is 243 g/mol. The number of ketones is 1. The van der Waals surface area contributed by atoms with Gasteiger partial charge in [-0.25, -0.2) is 4.98 Å². The van der Waals surface area contributed by atoms with E-state index in [1.807, 2.05) is 0 Å². The molecule has 4 nitrogen and oxygen atoms in total. The van der Waals surface area contributed by atoms with Crippen molar-refractivity contribution in [3.63, 3.8) is 0 Å². The minimum Gasteiger partial charge on any atom is -0.438 e. The lowest BCUT2D eigenvalue weighted by molar-refractivity contribution is 0.101. The van der Waals surface area contributed by atoms with E-state index in [0.29, 0.717) is 11.3 Å². The number of carbonyl (C=O) groups is 1. The SMILES string of the molecule is CC(=O)c1cccnc1Oc1cccc(CO)c1. The van der Waals surface area contributed by atoms with Crippen molar-refractivity contribution >= 4 is 5.78 Å². The fourth-order valence-electron chi connectivity index (χ4n) is 1.56. The topological polar surface area (TPSA) is 59.4 Å². The van der Waals surface area contributed by atoms with Crippen LogP contribution in [0, 0.1) is 0 Å². The van der Waals surface area contributed by atoms with Gasteiger partial charge >= 0.3 is 0 Å². The summed E-state index contributed by atoms with van der Waals surface area (Å²) in [5.74, 6) is 0.722. The Labute approximate surface area is 105 Å². The predicted molar refractivity (Wildman–Crippen MR) is 66.7 cm³/mol. The normalized spacial score (nSPS) is 10.1. The van der Waals surface area contributed by atoms with Gasteiger partial charge in [0.05, 0.1) is 12.2 Å². The number of Topliss-reactive ketones (excluding diaryl/α,β-unsaturated/α-hetero) is 1. The van der Waals surface area contributed by atoms with Gasteiger partial charge in [-0.3, -0.25) is 4.79 Å². The Bertz CT molecular complexity index is 566. The van der Waals surface area contributed by atoms with E-state index in [0.717, 1.165) is 5.56 Å². The Morgan fingerprint density at radius 1 is 1.33 bits per heavy atom. The quantitative estimate of drug-likeness (QED) is 0.838. The Hall–Kier alpha value is -2.20. The molecular formula is C14H13NO3. The molecule has 0 aliphatic carbocycles. The molecular weight excluding hydrogens is 230 g/mol. The lowest BCUT2D eigenvalue weighted by Gasteiger charge is -2.08. The zero-order chi connectivity index (χ0) is 13.0. The van der Waals surface area contributed by atoms with E-state index < -0.39 is 0 Å². The summed E-state index contributed by atoms with van der Waals surface area (Å²) in [5, 5.41) is 9.05. The zero-order valence-electron chi connectivity index (χ0n) is 9.96. The molecule has 92 valence electrons. The number of aliphatic hydroxyl groups is 1. The highest BCUT2D eigenvalue weighted by atomic mass is 16.5. The molecule has 1 N–H and O–H groups in total. The summed E-state index contributed by atoms with van der Waals surface area (Å²) >= 11 is 0. The molecule has 0 saturated heterocycles. The van der Waals surface area contributed by atoms with Crippen molar-refractivity contribution in [2.24, 2.45) is 0 Å². The zero-order valence-corrected chi connectivity index (χ0v) is 9.96. The highest BCUT2D eigenvalue weighted by molar-refractivity contribution is 5.96. The number of aliphatic hydroxyl groups excluding tert-OH is 1. The van der Waals surface area contributed by atoms with E-state index in [1.54, 1.807) is 42.6 Å². The van der Waals surface area contributed by atoms with Gasteiger partial charge in [0.15, 0.2) is 5.78 Å². The van der Waals surface area contributed by atoms with Crippen molar-refractivity contribution in [2.45, 2.75) is 13.5 Å². The number of nitrogens with zero attached hydrogens (tertiary/aromatic N) is 1. The molecule has 2 aromatic rings. The molecule has 0 radical (unpaired) electrons. The van der Waals surface area contributed by atoms with Crippen LogP contribution in [-0.4, -0.2) is 15.9 Å². The Morgan fingerprint density at radius 3 is 2.89 bits per heavy atom. The molecule has 18 heavy (non-hydrogen) atoms. The van der Waals surface area contributed by atoms with Crippen LogP contribution in [0.25, 0.3) is 0 Å². The maximum atomic E-state index is 11.4. The summed E-state index contributed by atoms with van der Waals surface area (Å²) in [6.07, 6.45) is 1.57. The molecule has 1 heterocycles. The first kappa shape index (κ1) is 12.3. The monoisotopic (exact) mass is 243 g/mol. The van der Waals surface area contributed by atoms with Gasteiger partial charge in [-0.15, -0.1) is 0 Å². The molecule has 2 rings (SSSR count). The van der Waals surface area contributed by atoms with Crippen LogP contribution in [0.15, 0.2) is 42.6 Å². The first-order valence-corrected chi connectivity index (χ1v) is 5.54. The molecule has 0 saturated carbocycles. The third-order valence-electron chi connectivity index (χ3n) is 2.45. The van der Waals surface area contributed by atoms with Crippen molar-refractivity contribution < 1.29 is 14.6 Å². The molecule has 0 fully saturated rings. The molecule has 4 heteroatoms. The fourth-order valence-corrected chi connectivity index (χ4v) is 1.56. The first-order valence-electron chi connectivity index (χ1n) is 5.54. The standard InChI is InChI=1S/C14H13NO3/c1-10(17)13-6-3-7-15-14(13)18-12-5-2-4-11(8-12)9-16/h2-8,16H,9H2,1H3. The van der Waals surface area contributed by atoms with Gasteiger partial charge in [0.25, 0.3) is 0 Å². The summed E-state index contributed by atoms with van der Waals surface area (Å²) in [4.78, 5) is 15.5. The van der Waals surface area contributed by atoms with Crippen molar-refractivity contribution in [1.82, 2.24) is 4.98 Å². The van der Waals surface area contributed by atoms with Crippen LogP contribution in [-0.2, 0) is 6.61 Å². The number of hydrogen-bond acceptors (Lipinski definition) is 4. The molecule has 0 atom stereocenters. The smallest absolute Gasteiger partial charge is 0.230 e. The third kappa shape index (κ3) is 2.73. The number of carbonyl (C=O) groups excluding carboxylic acids is 1. The molecule has 0 bridgehead atoms. The lowest BCUT2D eigenvalue weighted by Crippen LogP contribution is -1.99. The average Bonchev–Trinajstić information content (AvgIpc) is 2.39. The van der Waals surface area contributed by atoms with E-state index >= 15 is 0 Å². The lowest BCUT2D eigenvalue weighted by atomic mass is 10.2. The Kier molecular flexibility index (Phi) is 3.69. The Morgan fingerprint density at radius 2 is 2.17 bits per heavy atom. The van der Waals surface area contributed by atoms with Gasteiger partial charge in [-0.2, -0.15) is 0 Å². The largest absolute Gasteiger partial charge is 0.438 e. The number of rotatable bonds is 4. The van der Waals surface area contributed by atoms with Gasteiger partial charge in [0.2, 0.25) is 5.88 Å². The highest BCUT2D eigenvalue weighted by Gasteiger charge is 2.10. The first-order chi connectivity index (χ1) is 8.70. The van der Waals surface area contributed by atoms with Crippen LogP contribution in [0.3, 0.4) is 0 Å². The van der Waals surface area contributed by atoms with E-state index in [9.17, 15) is 4.79 Å². The summed E-state index contributed by atoms with van der Waals surface area (Å²) in [6.45, 7) is 1.41. The van der Waals surface area contributed by atoms with E-state index in [2.05, 4.69) is 4.98 Å². The third-order valence-corrected chi connectivity index (χ3v) is 2.45. The summed E-state index contributed by atoms with van der Waals surface area (Å²) < 4.78 is 5.57. The number of benzene rings is 1. The molecule has 1 aromatic carbocycles. The van der Waals surface area contributed by atoms with Crippen molar-refractivity contribution in [1.29, 1.82) is 0 Å². The second-order valence-corrected chi connectivity index (χ2v) is 3.82. The molecule has 0 unspecified atom stereocenters. The molecule has 0 aliphatic rings. The van der Waals surface area contributed by atoms with Gasteiger partial charge in [0.1, 0.15) is 5.75 Å². The number of ether oxygens (including phenoxy) is 1. The number of pyridine rings is 1. The van der Waals surface area contributed by atoms with Gasteiger partial charge < -0.3 is 9.84 Å². The van der Waals surface area contributed by atoms with E-state index in [-0.39, 0.29) is 18.3 Å². The second kappa shape index (κ2) is 5.42. The van der Waals surface area contributed by atoms with Crippen LogP contribution in [0.1, 0.15) is 22.8 Å². The Balaban J connectivity index is 2.31. The molecule has 1 aromatic heterocycles. The van der Waals surface area contributed by atoms with Crippen LogP contribution in [0.2, 0.25) is 0 Å². The van der Waals surface area contributed by atoms with Crippen LogP contribution < -0.4 is 4.74 Å². The van der Waals surface area contributed by atoms with Crippen molar-refractivity contribution in [3.05, 3.63) is 53.7 Å².